The Morgan fingerprint density at radius 2 is 2.24 bits per heavy atom. The molecule has 1 atom stereocenters. The van der Waals surface area contributed by atoms with Crippen LogP contribution in [0.5, 0.6) is 0 Å². The summed E-state index contributed by atoms with van der Waals surface area (Å²) in [6.45, 7) is 2.46. The average molecular weight is 275 g/mol. The summed E-state index contributed by atoms with van der Waals surface area (Å²) >= 11 is 1.16. The van der Waals surface area contributed by atoms with Crippen LogP contribution in [0, 0.1) is 0 Å². The normalized spacial score (nSPS) is 22.8. The van der Waals surface area contributed by atoms with E-state index in [1.165, 1.54) is 0 Å². The molecular formula is C11H17NO3S2. The Bertz CT molecular complexity index is 481. The minimum absolute atomic E-state index is 0.0772. The van der Waals surface area contributed by atoms with E-state index in [1.807, 2.05) is 6.92 Å². The molecule has 4 nitrogen and oxygen atoms in total. The van der Waals surface area contributed by atoms with Crippen LogP contribution in [0.3, 0.4) is 0 Å². The van der Waals surface area contributed by atoms with Crippen molar-refractivity contribution < 1.29 is 13.5 Å². The van der Waals surface area contributed by atoms with Gasteiger partial charge in [0.25, 0.3) is 10.0 Å². The predicted octanol–water partition coefficient (Wildman–Crippen LogP) is 1.80. The smallest absolute Gasteiger partial charge is 0.252 e. The molecule has 1 aliphatic heterocycles. The molecule has 96 valence electrons. The Labute approximate surface area is 106 Å². The Morgan fingerprint density at radius 1 is 1.47 bits per heavy atom. The third-order valence-electron chi connectivity index (χ3n) is 3.10. The van der Waals surface area contributed by atoms with Gasteiger partial charge >= 0.3 is 0 Å². The highest BCUT2D eigenvalue weighted by Gasteiger charge is 2.31. The van der Waals surface area contributed by atoms with Crippen LogP contribution in [0.15, 0.2) is 16.3 Å². The van der Waals surface area contributed by atoms with Crippen molar-refractivity contribution in [3.8, 4) is 0 Å². The highest BCUT2D eigenvalue weighted by Crippen LogP contribution is 2.29. The number of aliphatic hydroxyl groups is 1. The summed E-state index contributed by atoms with van der Waals surface area (Å²) < 4.78 is 26.7. The van der Waals surface area contributed by atoms with E-state index in [9.17, 15) is 8.42 Å². The Kier molecular flexibility index (Phi) is 3.87. The SMILES string of the molecule is CC1CCCCN1S(=O)(=O)c1ccc(CO)s1. The van der Waals surface area contributed by atoms with Crippen molar-refractivity contribution in [2.45, 2.75) is 43.0 Å². The number of hydrogen-bond acceptors (Lipinski definition) is 4. The second-order valence-electron chi connectivity index (χ2n) is 4.34. The lowest BCUT2D eigenvalue weighted by atomic mass is 10.1. The second-order valence-corrected chi connectivity index (χ2v) is 7.63. The van der Waals surface area contributed by atoms with Crippen molar-refractivity contribution >= 4 is 21.4 Å². The van der Waals surface area contributed by atoms with E-state index in [0.717, 1.165) is 30.6 Å². The summed E-state index contributed by atoms with van der Waals surface area (Å²) in [7, 11) is -3.36. The highest BCUT2D eigenvalue weighted by atomic mass is 32.2. The number of aliphatic hydroxyl groups excluding tert-OH is 1. The molecule has 1 saturated heterocycles. The number of thiophene rings is 1. The quantitative estimate of drug-likeness (QED) is 0.915. The van der Waals surface area contributed by atoms with Crippen LogP contribution < -0.4 is 0 Å². The molecule has 1 aromatic heterocycles. The second kappa shape index (κ2) is 5.06. The molecule has 17 heavy (non-hydrogen) atoms. The first-order valence-corrected chi connectivity index (χ1v) is 8.03. The van der Waals surface area contributed by atoms with Crippen molar-refractivity contribution in [2.24, 2.45) is 0 Å². The molecule has 2 rings (SSSR count). The van der Waals surface area contributed by atoms with Crippen LogP contribution in [0.25, 0.3) is 0 Å². The van der Waals surface area contributed by atoms with Gasteiger partial charge in [0.1, 0.15) is 4.21 Å². The zero-order chi connectivity index (χ0) is 12.5. The topological polar surface area (TPSA) is 57.6 Å². The van der Waals surface area contributed by atoms with Crippen molar-refractivity contribution in [3.05, 3.63) is 17.0 Å². The van der Waals surface area contributed by atoms with Gasteiger partial charge in [-0.05, 0) is 31.9 Å². The van der Waals surface area contributed by atoms with Gasteiger partial charge in [-0.2, -0.15) is 4.31 Å². The van der Waals surface area contributed by atoms with Crippen molar-refractivity contribution in [1.29, 1.82) is 0 Å². The van der Waals surface area contributed by atoms with Crippen LogP contribution in [0.1, 0.15) is 31.1 Å². The number of piperidine rings is 1. The molecule has 0 amide bonds. The maximum absolute atomic E-state index is 12.4. The fraction of sp³-hybridized carbons (Fsp3) is 0.636. The average Bonchev–Trinajstić information content (AvgIpc) is 2.78. The minimum Gasteiger partial charge on any atom is -0.391 e. The zero-order valence-electron chi connectivity index (χ0n) is 9.80. The predicted molar refractivity (Wildman–Crippen MR) is 67.4 cm³/mol. The molecule has 1 aliphatic rings. The molecule has 0 radical (unpaired) electrons. The maximum atomic E-state index is 12.4. The van der Waals surface area contributed by atoms with Crippen LogP contribution in [-0.4, -0.2) is 30.4 Å². The zero-order valence-corrected chi connectivity index (χ0v) is 11.4. The summed E-state index contributed by atoms with van der Waals surface area (Å²) in [4.78, 5) is 0.688. The Balaban J connectivity index is 2.28. The van der Waals surface area contributed by atoms with E-state index >= 15 is 0 Å². The molecule has 0 aromatic carbocycles. The van der Waals surface area contributed by atoms with Crippen molar-refractivity contribution in [3.63, 3.8) is 0 Å². The minimum atomic E-state index is -3.36. The van der Waals surface area contributed by atoms with E-state index in [-0.39, 0.29) is 12.6 Å². The lowest BCUT2D eigenvalue weighted by Crippen LogP contribution is -2.41. The first-order valence-electron chi connectivity index (χ1n) is 5.77. The van der Waals surface area contributed by atoms with Crippen molar-refractivity contribution in [1.82, 2.24) is 4.31 Å². The van der Waals surface area contributed by atoms with Gasteiger partial charge in [0.15, 0.2) is 0 Å². The van der Waals surface area contributed by atoms with Crippen LogP contribution >= 0.6 is 11.3 Å². The van der Waals surface area contributed by atoms with Gasteiger partial charge in [-0.25, -0.2) is 8.42 Å². The highest BCUT2D eigenvalue weighted by molar-refractivity contribution is 7.91. The van der Waals surface area contributed by atoms with Crippen LogP contribution in [-0.2, 0) is 16.6 Å². The van der Waals surface area contributed by atoms with Gasteiger partial charge in [-0.15, -0.1) is 11.3 Å². The summed E-state index contributed by atoms with van der Waals surface area (Å²) in [5.74, 6) is 0. The van der Waals surface area contributed by atoms with E-state index in [0.29, 0.717) is 15.6 Å². The summed E-state index contributed by atoms with van der Waals surface area (Å²) in [6.07, 6.45) is 2.96. The maximum Gasteiger partial charge on any atom is 0.252 e. The lowest BCUT2D eigenvalue weighted by Gasteiger charge is -2.31. The van der Waals surface area contributed by atoms with Gasteiger partial charge in [0.05, 0.1) is 6.61 Å². The standard InChI is InChI=1S/C11H17NO3S2/c1-9-4-2-3-7-12(9)17(14,15)11-6-5-10(8-13)16-11/h5-6,9,13H,2-4,7-8H2,1H3. The monoisotopic (exact) mass is 275 g/mol. The lowest BCUT2D eigenvalue weighted by molar-refractivity contribution is 0.269. The number of sulfonamides is 1. The molecule has 1 N–H and O–H groups in total. The number of nitrogens with zero attached hydrogens (tertiary/aromatic N) is 1. The molecule has 0 spiro atoms. The van der Waals surface area contributed by atoms with E-state index < -0.39 is 10.0 Å². The van der Waals surface area contributed by atoms with E-state index in [4.69, 9.17) is 5.11 Å². The van der Waals surface area contributed by atoms with Crippen molar-refractivity contribution in [2.75, 3.05) is 6.54 Å². The third-order valence-corrected chi connectivity index (χ3v) is 6.65. The van der Waals surface area contributed by atoms with Gasteiger partial charge < -0.3 is 5.11 Å². The third kappa shape index (κ3) is 2.54. The van der Waals surface area contributed by atoms with Gasteiger partial charge in [0, 0.05) is 17.5 Å². The molecule has 1 fully saturated rings. The van der Waals surface area contributed by atoms with Crippen LogP contribution in [0.2, 0.25) is 0 Å². The van der Waals surface area contributed by atoms with Gasteiger partial charge in [-0.1, -0.05) is 6.42 Å². The molecule has 0 aliphatic carbocycles. The molecule has 6 heteroatoms. The fourth-order valence-corrected chi connectivity index (χ4v) is 5.17. The number of hydrogen-bond donors (Lipinski definition) is 1. The fourth-order valence-electron chi connectivity index (χ4n) is 2.13. The number of rotatable bonds is 3. The Morgan fingerprint density at radius 3 is 2.82 bits per heavy atom. The van der Waals surface area contributed by atoms with Crippen LogP contribution in [0.4, 0.5) is 0 Å². The Hall–Kier alpha value is -0.430. The molecule has 2 heterocycles. The summed E-state index contributed by atoms with van der Waals surface area (Å²) in [5.41, 5.74) is 0. The summed E-state index contributed by atoms with van der Waals surface area (Å²) in [5, 5.41) is 8.98. The molecule has 1 unspecified atom stereocenters. The van der Waals surface area contributed by atoms with E-state index in [1.54, 1.807) is 16.4 Å². The van der Waals surface area contributed by atoms with Gasteiger partial charge in [-0.3, -0.25) is 0 Å². The molecule has 0 saturated carbocycles. The molecule has 0 bridgehead atoms. The largest absolute Gasteiger partial charge is 0.391 e. The van der Waals surface area contributed by atoms with Gasteiger partial charge in [0.2, 0.25) is 0 Å². The summed E-state index contributed by atoms with van der Waals surface area (Å²) in [6, 6.07) is 3.34. The first kappa shape index (κ1) is 13.0. The van der Waals surface area contributed by atoms with E-state index in [2.05, 4.69) is 0 Å². The first-order chi connectivity index (χ1) is 8.05. The molecule has 1 aromatic rings. The molecular weight excluding hydrogens is 258 g/mol.